The molecule has 5 heterocycles. The van der Waals surface area contributed by atoms with Crippen LogP contribution in [0, 0.1) is 0 Å². The van der Waals surface area contributed by atoms with E-state index in [1.807, 2.05) is 0 Å². The molecule has 330 valence electrons. The van der Waals surface area contributed by atoms with Gasteiger partial charge in [0.05, 0.1) is 18.8 Å². The molecule has 0 aliphatic carbocycles. The minimum absolute atomic E-state index is 0.548. The van der Waals surface area contributed by atoms with Crippen LogP contribution in [0.25, 0.3) is 0 Å². The molecular weight excluding hydrogens is 794 g/mol. The maximum Gasteiger partial charge on any atom is 0.335 e. The third-order valence-corrected chi connectivity index (χ3v) is 9.88. The van der Waals surface area contributed by atoms with Crippen LogP contribution >= 0.6 is 0 Å². The molecule has 11 unspecified atom stereocenters. The van der Waals surface area contributed by atoms with E-state index in [9.17, 15) is 53.5 Å². The Morgan fingerprint density at radius 2 is 1.31 bits per heavy atom. The molecule has 5 aliphatic rings. The summed E-state index contributed by atoms with van der Waals surface area (Å²) in [6.07, 6.45) is -22.7. The molecule has 4 saturated heterocycles. The second-order valence-electron chi connectivity index (χ2n) is 14.5. The van der Waals surface area contributed by atoms with Crippen LogP contribution in [0.2, 0.25) is 0 Å². The van der Waals surface area contributed by atoms with Crippen molar-refractivity contribution in [2.24, 2.45) is 5.73 Å². The Morgan fingerprint density at radius 1 is 0.741 bits per heavy atom. The normalized spacial score (nSPS) is 41.7. The number of nitrogens with two attached hydrogens (primary N) is 1. The molecule has 0 spiro atoms. The zero-order valence-corrected chi connectivity index (χ0v) is 32.1. The summed E-state index contributed by atoms with van der Waals surface area (Å²) >= 11 is 0. The quantitative estimate of drug-likeness (QED) is 0.0766. The van der Waals surface area contributed by atoms with E-state index < -0.39 is 165 Å². The fraction of sp³-hybridized carbons (Fsp3) is 0.818. The molecule has 0 radical (unpaired) electrons. The molecule has 5 aliphatic heterocycles. The van der Waals surface area contributed by atoms with E-state index in [2.05, 4.69) is 16.0 Å². The van der Waals surface area contributed by atoms with E-state index in [1.165, 1.54) is 20.8 Å². The smallest absolute Gasteiger partial charge is 0.335 e. The van der Waals surface area contributed by atoms with Gasteiger partial charge in [-0.25, -0.2) is 23.4 Å². The van der Waals surface area contributed by atoms with Crippen molar-refractivity contribution in [1.82, 2.24) is 16.0 Å². The molecule has 18 atom stereocenters. The first kappa shape index (κ1) is 45.6. The number of rotatable bonds is 14. The Labute approximate surface area is 329 Å². The molecule has 0 aromatic rings. The molecule has 0 bridgehead atoms. The summed E-state index contributed by atoms with van der Waals surface area (Å²) in [5.74, 6) is -8.38. The highest BCUT2D eigenvalue weighted by Gasteiger charge is 2.61. The molecule has 0 aromatic heterocycles. The van der Waals surface area contributed by atoms with E-state index in [0.717, 1.165) is 20.8 Å². The SMILES string of the molecule is CC(=O)NC1C(O[C@@H]2OC(C(=O)O)[C@H]3OOC3C2O[C@@H]2OC(C)[C@@H](O)C(O)C2NC(C)=O)=C(O)C(C)O[C@H]1OC1C(NC(C)=O)[C@H](OCC(F)(F)CN)OC(C)[C@@H]1O. The van der Waals surface area contributed by atoms with Gasteiger partial charge >= 0.3 is 5.97 Å². The van der Waals surface area contributed by atoms with Gasteiger partial charge in [-0.15, -0.1) is 0 Å². The van der Waals surface area contributed by atoms with Crippen molar-refractivity contribution < 1.29 is 101 Å². The maximum absolute atomic E-state index is 14.1. The van der Waals surface area contributed by atoms with Crippen molar-refractivity contribution in [3.8, 4) is 0 Å². The number of aliphatic hydroxyl groups excluding tert-OH is 4. The fourth-order valence-corrected chi connectivity index (χ4v) is 6.90. The number of nitrogens with one attached hydrogen (secondary N) is 3. The number of aliphatic hydroxyl groups is 4. The predicted octanol–water partition coefficient (Wildman–Crippen LogP) is -3.51. The van der Waals surface area contributed by atoms with Crippen LogP contribution in [0.15, 0.2) is 11.5 Å². The summed E-state index contributed by atoms with van der Waals surface area (Å²) in [6.45, 7) is 5.08. The molecule has 4 fully saturated rings. The minimum atomic E-state index is -3.50. The second-order valence-corrected chi connectivity index (χ2v) is 14.5. The van der Waals surface area contributed by atoms with Gasteiger partial charge in [-0.2, -0.15) is 0 Å². The molecule has 0 saturated carbocycles. The largest absolute Gasteiger partial charge is 0.506 e. The molecule has 0 aromatic carbocycles. The summed E-state index contributed by atoms with van der Waals surface area (Å²) in [5, 5.41) is 61.4. The fourth-order valence-electron chi connectivity index (χ4n) is 6.90. The van der Waals surface area contributed by atoms with Crippen molar-refractivity contribution in [3.63, 3.8) is 0 Å². The Bertz CT molecular complexity index is 1550. The highest BCUT2D eigenvalue weighted by atomic mass is 19.3. The standard InChI is InChI=1S/C33H50F2N4O19/c1-9-18(43)21(46)15(37-12(4)40)30(51-9)56-27-25-24(57-58-25)26(28(47)48)55-32(27)54-23-17(39-14(6)42)31(52-11(3)20(23)45)53-22-16(38-13(5)41)29(50-10(2)19(22)44)49-8-33(34,35)7-36/h9-11,15-19,21-22,24-27,29-32,43-46H,7-8,36H2,1-6H3,(H,37,40)(H,38,41)(H,39,42)(H,47,48)/t9?,10?,11?,15?,16?,17?,18-,19+,21?,22?,24+,25?,26?,27?,29-,30+,31+,32-/m1/s1. The summed E-state index contributed by atoms with van der Waals surface area (Å²) in [7, 11) is 0. The maximum atomic E-state index is 14.1. The van der Waals surface area contributed by atoms with Gasteiger partial charge < -0.3 is 85.1 Å². The van der Waals surface area contributed by atoms with Gasteiger partial charge in [0, 0.05) is 20.8 Å². The summed E-state index contributed by atoms with van der Waals surface area (Å²) in [6, 6.07) is -4.57. The average Bonchev–Trinajstić information content (AvgIpc) is 3.12. The summed E-state index contributed by atoms with van der Waals surface area (Å²) < 4.78 is 75.1. The zero-order chi connectivity index (χ0) is 43.0. The molecular formula is C33H50F2N4O19. The molecule has 5 rings (SSSR count). The lowest BCUT2D eigenvalue weighted by molar-refractivity contribution is -0.522. The summed E-state index contributed by atoms with van der Waals surface area (Å²) in [4.78, 5) is 59.6. The van der Waals surface area contributed by atoms with Gasteiger partial charge in [0.25, 0.3) is 5.92 Å². The Hall–Kier alpha value is -3.44. The number of halogens is 2. The number of alkyl halides is 2. The highest BCUT2D eigenvalue weighted by Crippen LogP contribution is 2.40. The molecule has 10 N–H and O–H groups in total. The first-order valence-corrected chi connectivity index (χ1v) is 18.3. The van der Waals surface area contributed by atoms with Crippen LogP contribution in [0.1, 0.15) is 41.5 Å². The predicted molar refractivity (Wildman–Crippen MR) is 180 cm³/mol. The van der Waals surface area contributed by atoms with Crippen molar-refractivity contribution in [2.75, 3.05) is 13.2 Å². The average molecular weight is 845 g/mol. The van der Waals surface area contributed by atoms with Crippen molar-refractivity contribution in [2.45, 2.75) is 158 Å². The lowest BCUT2D eigenvalue weighted by Crippen LogP contribution is -2.71. The van der Waals surface area contributed by atoms with Gasteiger partial charge in [0.1, 0.15) is 55.3 Å². The zero-order valence-electron chi connectivity index (χ0n) is 32.1. The van der Waals surface area contributed by atoms with Crippen LogP contribution in [0.5, 0.6) is 0 Å². The first-order chi connectivity index (χ1) is 27.1. The molecule has 23 nitrogen and oxygen atoms in total. The van der Waals surface area contributed by atoms with E-state index in [-0.39, 0.29) is 0 Å². The number of carbonyl (C=O) groups is 4. The Kier molecular flexibility index (Phi) is 14.5. The number of fused-ring (bicyclic) bond motifs is 1. The Balaban J connectivity index is 1.49. The molecule has 3 amide bonds. The van der Waals surface area contributed by atoms with Crippen LogP contribution in [0.3, 0.4) is 0 Å². The number of aliphatic carboxylic acids is 1. The lowest BCUT2D eigenvalue weighted by Gasteiger charge is -2.51. The Morgan fingerprint density at radius 3 is 1.88 bits per heavy atom. The van der Waals surface area contributed by atoms with Gasteiger partial charge in [-0.1, -0.05) is 0 Å². The van der Waals surface area contributed by atoms with E-state index in [4.69, 9.17) is 53.4 Å². The van der Waals surface area contributed by atoms with Gasteiger partial charge in [-0.05, 0) is 20.8 Å². The summed E-state index contributed by atoms with van der Waals surface area (Å²) in [5.41, 5.74) is 5.14. The third kappa shape index (κ3) is 9.94. The van der Waals surface area contributed by atoms with Crippen LogP contribution in [0.4, 0.5) is 8.78 Å². The second kappa shape index (κ2) is 18.4. The third-order valence-electron chi connectivity index (χ3n) is 9.88. The number of amides is 3. The van der Waals surface area contributed by atoms with Gasteiger partial charge in [-0.3, -0.25) is 14.4 Å². The number of carbonyl (C=O) groups excluding carboxylic acids is 3. The van der Waals surface area contributed by atoms with Crippen molar-refractivity contribution in [1.29, 1.82) is 0 Å². The van der Waals surface area contributed by atoms with Crippen molar-refractivity contribution in [3.05, 3.63) is 11.5 Å². The van der Waals surface area contributed by atoms with Crippen molar-refractivity contribution >= 4 is 23.7 Å². The van der Waals surface area contributed by atoms with Crippen LogP contribution in [-0.2, 0) is 66.8 Å². The van der Waals surface area contributed by atoms with E-state index >= 15 is 0 Å². The van der Waals surface area contributed by atoms with Gasteiger partial charge in [0.15, 0.2) is 54.8 Å². The van der Waals surface area contributed by atoms with E-state index in [1.54, 1.807) is 0 Å². The number of carboxylic acids is 1. The van der Waals surface area contributed by atoms with Gasteiger partial charge in [0.2, 0.25) is 24.0 Å². The number of hydrogen-bond acceptors (Lipinski definition) is 19. The van der Waals surface area contributed by atoms with Crippen LogP contribution in [-0.4, -0.2) is 179 Å². The van der Waals surface area contributed by atoms with E-state index in [0.29, 0.717) is 0 Å². The number of carboxylic acid groups (broad SMARTS) is 1. The lowest BCUT2D eigenvalue weighted by atomic mass is 9.95. The molecule has 25 heteroatoms. The number of hydrogen-bond donors (Lipinski definition) is 9. The highest BCUT2D eigenvalue weighted by molar-refractivity contribution is 5.74. The number of ether oxygens (including phenoxy) is 8. The minimum Gasteiger partial charge on any atom is -0.506 e. The first-order valence-electron chi connectivity index (χ1n) is 18.3. The van der Waals surface area contributed by atoms with Crippen LogP contribution < -0.4 is 21.7 Å². The monoisotopic (exact) mass is 844 g/mol. The molecule has 58 heavy (non-hydrogen) atoms. The topological polar surface area (TPSA) is 324 Å².